The molecule has 2 atom stereocenters. The van der Waals surface area contributed by atoms with Crippen LogP contribution in [0.2, 0.25) is 0 Å². The Labute approximate surface area is 144 Å². The summed E-state index contributed by atoms with van der Waals surface area (Å²) >= 11 is 2.09. The molecule has 6 heteroatoms. The Kier molecular flexibility index (Phi) is 7.79. The predicted octanol–water partition coefficient (Wildman–Crippen LogP) is 2.81. The van der Waals surface area contributed by atoms with Crippen LogP contribution in [0.3, 0.4) is 0 Å². The van der Waals surface area contributed by atoms with Crippen LogP contribution in [0.5, 0.6) is 0 Å². The maximum absolute atomic E-state index is 4.36. The van der Waals surface area contributed by atoms with Crippen molar-refractivity contribution in [3.8, 4) is 0 Å². The van der Waals surface area contributed by atoms with Gasteiger partial charge in [0.05, 0.1) is 0 Å². The minimum absolute atomic E-state index is 0.582. The van der Waals surface area contributed by atoms with Crippen LogP contribution >= 0.6 is 11.8 Å². The van der Waals surface area contributed by atoms with Crippen molar-refractivity contribution in [2.75, 3.05) is 19.3 Å². The summed E-state index contributed by atoms with van der Waals surface area (Å²) in [5.74, 6) is 3.27. The zero-order valence-corrected chi connectivity index (χ0v) is 15.5. The maximum atomic E-state index is 4.36. The quantitative estimate of drug-likeness (QED) is 0.435. The van der Waals surface area contributed by atoms with Gasteiger partial charge >= 0.3 is 0 Å². The number of nitrogens with one attached hydrogen (secondary N) is 2. The maximum Gasteiger partial charge on any atom is 0.191 e. The fourth-order valence-electron chi connectivity index (χ4n) is 3.10. The molecule has 1 aromatic rings. The van der Waals surface area contributed by atoms with Crippen LogP contribution in [0.15, 0.2) is 17.4 Å². The van der Waals surface area contributed by atoms with Crippen LogP contribution in [-0.4, -0.2) is 46.1 Å². The van der Waals surface area contributed by atoms with Gasteiger partial charge in [-0.1, -0.05) is 6.92 Å². The third-order valence-electron chi connectivity index (χ3n) is 4.39. The molecule has 0 spiro atoms. The van der Waals surface area contributed by atoms with E-state index in [0.717, 1.165) is 43.0 Å². The summed E-state index contributed by atoms with van der Waals surface area (Å²) in [5.41, 5.74) is 0. The van der Waals surface area contributed by atoms with Crippen LogP contribution in [0.25, 0.3) is 0 Å². The first-order valence-corrected chi connectivity index (χ1v) is 9.84. The highest BCUT2D eigenvalue weighted by molar-refractivity contribution is 7.99. The second-order valence-corrected chi connectivity index (χ2v) is 7.68. The number of rotatable bonds is 8. The second-order valence-electron chi connectivity index (χ2n) is 6.11. The van der Waals surface area contributed by atoms with Gasteiger partial charge in [0, 0.05) is 43.8 Å². The molecule has 23 heavy (non-hydrogen) atoms. The van der Waals surface area contributed by atoms with Gasteiger partial charge in [0.25, 0.3) is 0 Å². The van der Waals surface area contributed by atoms with E-state index in [0.29, 0.717) is 6.04 Å². The molecule has 1 aliphatic rings. The van der Waals surface area contributed by atoms with Gasteiger partial charge in [-0.15, -0.1) is 0 Å². The fourth-order valence-corrected chi connectivity index (χ4v) is 4.24. The monoisotopic (exact) mass is 337 g/mol. The van der Waals surface area contributed by atoms with Crippen LogP contribution < -0.4 is 10.6 Å². The Hall–Kier alpha value is -1.17. The van der Waals surface area contributed by atoms with Crippen LogP contribution in [-0.2, 0) is 6.54 Å². The molecule has 2 unspecified atom stereocenters. The minimum Gasteiger partial charge on any atom is -0.356 e. The first kappa shape index (κ1) is 18.2. The summed E-state index contributed by atoms with van der Waals surface area (Å²) in [6.07, 6.45) is 10.1. The topological polar surface area (TPSA) is 54.2 Å². The van der Waals surface area contributed by atoms with E-state index in [1.807, 2.05) is 19.4 Å². The van der Waals surface area contributed by atoms with E-state index in [1.54, 1.807) is 0 Å². The van der Waals surface area contributed by atoms with Crippen molar-refractivity contribution in [1.82, 2.24) is 20.2 Å². The number of hydrogen-bond acceptors (Lipinski definition) is 3. The van der Waals surface area contributed by atoms with Crippen molar-refractivity contribution in [2.24, 2.45) is 4.99 Å². The highest BCUT2D eigenvalue weighted by atomic mass is 32.2. The number of unbranched alkanes of at least 4 members (excludes halogenated alkanes) is 1. The van der Waals surface area contributed by atoms with Gasteiger partial charge < -0.3 is 15.2 Å². The number of aromatic nitrogens is 2. The lowest BCUT2D eigenvalue weighted by molar-refractivity contribution is 0.578. The highest BCUT2D eigenvalue weighted by Crippen LogP contribution is 2.29. The van der Waals surface area contributed by atoms with E-state index < -0.39 is 0 Å². The Morgan fingerprint density at radius 3 is 3.00 bits per heavy atom. The van der Waals surface area contributed by atoms with Gasteiger partial charge in [0.15, 0.2) is 5.96 Å². The molecule has 5 nitrogen and oxygen atoms in total. The largest absolute Gasteiger partial charge is 0.356 e. The molecule has 1 heterocycles. The van der Waals surface area contributed by atoms with Crippen molar-refractivity contribution in [3.05, 3.63) is 18.2 Å². The first-order valence-electron chi connectivity index (χ1n) is 8.79. The lowest BCUT2D eigenvalue weighted by atomic mass is 10.2. The number of guanidine groups is 1. The molecular formula is C17H31N5S. The fraction of sp³-hybridized carbons (Fsp3) is 0.765. The smallest absolute Gasteiger partial charge is 0.191 e. The summed E-state index contributed by atoms with van der Waals surface area (Å²) in [6, 6.07) is 0.582. The highest BCUT2D eigenvalue weighted by Gasteiger charge is 2.24. The van der Waals surface area contributed by atoms with E-state index in [9.17, 15) is 0 Å². The molecule has 0 saturated heterocycles. The summed E-state index contributed by atoms with van der Waals surface area (Å²) in [6.45, 7) is 6.30. The van der Waals surface area contributed by atoms with Crippen molar-refractivity contribution in [2.45, 2.75) is 63.8 Å². The number of aryl methyl sites for hydroxylation is 2. The number of imidazole rings is 1. The first-order chi connectivity index (χ1) is 11.2. The van der Waals surface area contributed by atoms with Gasteiger partial charge in [-0.2, -0.15) is 11.8 Å². The third kappa shape index (κ3) is 6.09. The van der Waals surface area contributed by atoms with Gasteiger partial charge in [-0.3, -0.25) is 4.99 Å². The second kappa shape index (κ2) is 9.85. The Morgan fingerprint density at radius 1 is 1.43 bits per heavy atom. The average Bonchev–Trinajstić information content (AvgIpc) is 3.15. The van der Waals surface area contributed by atoms with Crippen molar-refractivity contribution < 1.29 is 0 Å². The lowest BCUT2D eigenvalue weighted by Gasteiger charge is -2.17. The van der Waals surface area contributed by atoms with E-state index in [4.69, 9.17) is 0 Å². The lowest BCUT2D eigenvalue weighted by Crippen LogP contribution is -2.42. The molecule has 1 aromatic heterocycles. The van der Waals surface area contributed by atoms with E-state index >= 15 is 0 Å². The van der Waals surface area contributed by atoms with Gasteiger partial charge in [-0.25, -0.2) is 4.98 Å². The molecule has 0 aliphatic heterocycles. The molecule has 0 amide bonds. The van der Waals surface area contributed by atoms with Gasteiger partial charge in [0.2, 0.25) is 0 Å². The molecule has 2 rings (SSSR count). The minimum atomic E-state index is 0.582. The zero-order chi connectivity index (χ0) is 16.5. The normalized spacial score (nSPS) is 21.6. The van der Waals surface area contributed by atoms with E-state index in [-0.39, 0.29) is 0 Å². The SMILES string of the molecule is CCSC1CCC(NC(=NC)NCCCCn2ccnc2C)C1. The van der Waals surface area contributed by atoms with Crippen LogP contribution in [0.4, 0.5) is 0 Å². The standard InChI is InChI=1S/C17H31N5S/c1-4-23-16-8-7-15(13-16)21-17(18-3)20-9-5-6-11-22-12-10-19-14(22)2/h10,12,15-16H,4-9,11,13H2,1-3H3,(H2,18,20,21). The van der Waals surface area contributed by atoms with Crippen molar-refractivity contribution in [1.29, 1.82) is 0 Å². The molecular weight excluding hydrogens is 306 g/mol. The molecule has 1 saturated carbocycles. The van der Waals surface area contributed by atoms with E-state index in [1.165, 1.54) is 25.0 Å². The van der Waals surface area contributed by atoms with Crippen molar-refractivity contribution in [3.63, 3.8) is 0 Å². The van der Waals surface area contributed by atoms with E-state index in [2.05, 4.69) is 50.8 Å². The third-order valence-corrected chi connectivity index (χ3v) is 5.63. The molecule has 0 bridgehead atoms. The Bertz CT molecular complexity index is 485. The number of thioether (sulfide) groups is 1. The molecule has 130 valence electrons. The Morgan fingerprint density at radius 2 is 2.30 bits per heavy atom. The number of nitrogens with zero attached hydrogens (tertiary/aromatic N) is 3. The summed E-state index contributed by atoms with van der Waals surface area (Å²) in [7, 11) is 1.86. The molecule has 2 N–H and O–H groups in total. The van der Waals surface area contributed by atoms with Gasteiger partial charge in [-0.05, 0) is 44.8 Å². The van der Waals surface area contributed by atoms with Gasteiger partial charge in [0.1, 0.15) is 5.82 Å². The van der Waals surface area contributed by atoms with Crippen molar-refractivity contribution >= 4 is 17.7 Å². The zero-order valence-electron chi connectivity index (χ0n) is 14.7. The van der Waals surface area contributed by atoms with Crippen LogP contribution in [0.1, 0.15) is 44.9 Å². The molecule has 1 fully saturated rings. The molecule has 0 aromatic carbocycles. The summed E-state index contributed by atoms with van der Waals surface area (Å²) in [5, 5.41) is 7.85. The molecule has 0 radical (unpaired) electrons. The average molecular weight is 338 g/mol. The summed E-state index contributed by atoms with van der Waals surface area (Å²) < 4.78 is 2.21. The number of hydrogen-bond donors (Lipinski definition) is 2. The molecule has 1 aliphatic carbocycles. The van der Waals surface area contributed by atoms with Crippen LogP contribution in [0, 0.1) is 6.92 Å². The summed E-state index contributed by atoms with van der Waals surface area (Å²) in [4.78, 5) is 8.61. The predicted molar refractivity (Wildman–Crippen MR) is 100 cm³/mol. The Balaban J connectivity index is 1.59. The number of aliphatic imine (C=N–C) groups is 1.